The van der Waals surface area contributed by atoms with Crippen LogP contribution < -0.4 is 0 Å². The van der Waals surface area contributed by atoms with E-state index in [1.807, 2.05) is 6.92 Å². The minimum absolute atomic E-state index is 0.0435. The largest absolute Gasteiger partial charge is 0.396 e. The van der Waals surface area contributed by atoms with Gasteiger partial charge in [-0.05, 0) is 92.3 Å². The molecule has 0 radical (unpaired) electrons. The summed E-state index contributed by atoms with van der Waals surface area (Å²) in [7, 11) is 0. The average molecular weight is 485 g/mol. The van der Waals surface area contributed by atoms with Gasteiger partial charge in [0, 0.05) is 6.61 Å². The summed E-state index contributed by atoms with van der Waals surface area (Å²) < 4.78 is 11.9. The number of hydrogen-bond acceptors (Lipinski definition) is 8. The van der Waals surface area contributed by atoms with Crippen LogP contribution in [0.25, 0.3) is 0 Å². The number of aliphatic hydroxyl groups is 6. The third kappa shape index (κ3) is 3.63. The van der Waals surface area contributed by atoms with Crippen LogP contribution in [-0.4, -0.2) is 86.3 Å². The van der Waals surface area contributed by atoms with Crippen molar-refractivity contribution < 1.29 is 40.1 Å². The Morgan fingerprint density at radius 1 is 0.882 bits per heavy atom. The Labute approximate surface area is 202 Å². The minimum Gasteiger partial charge on any atom is -0.396 e. The monoisotopic (exact) mass is 484 g/mol. The van der Waals surface area contributed by atoms with Crippen LogP contribution >= 0.6 is 0 Å². The molecule has 13 unspecified atom stereocenters. The molecule has 1 saturated heterocycles. The molecule has 1 aliphatic heterocycles. The molecule has 13 atom stereocenters. The van der Waals surface area contributed by atoms with Crippen molar-refractivity contribution in [1.82, 2.24) is 0 Å². The predicted molar refractivity (Wildman–Crippen MR) is 122 cm³/mol. The van der Waals surface area contributed by atoms with Gasteiger partial charge in [0.15, 0.2) is 6.29 Å². The lowest BCUT2D eigenvalue weighted by atomic mass is 9.40. The van der Waals surface area contributed by atoms with Crippen molar-refractivity contribution >= 4 is 0 Å². The second-order valence-electron chi connectivity index (χ2n) is 13.2. The van der Waals surface area contributed by atoms with E-state index in [-0.39, 0.29) is 29.0 Å². The minimum atomic E-state index is -1.47. The first kappa shape index (κ1) is 25.3. The van der Waals surface area contributed by atoms with Gasteiger partial charge in [-0.15, -0.1) is 0 Å². The van der Waals surface area contributed by atoms with Gasteiger partial charge in [0.1, 0.15) is 24.4 Å². The first-order valence-corrected chi connectivity index (χ1v) is 13.2. The Bertz CT molecular complexity index is 774. The van der Waals surface area contributed by atoms with E-state index in [0.717, 1.165) is 44.9 Å². The molecular weight excluding hydrogens is 440 g/mol. The van der Waals surface area contributed by atoms with E-state index >= 15 is 0 Å². The molecule has 5 fully saturated rings. The lowest BCUT2D eigenvalue weighted by Crippen LogP contribution is -2.62. The van der Waals surface area contributed by atoms with Gasteiger partial charge in [-0.1, -0.05) is 13.8 Å². The molecule has 5 aliphatic rings. The Hall–Kier alpha value is -0.320. The number of hydrogen-bond donors (Lipinski definition) is 6. The van der Waals surface area contributed by atoms with E-state index < -0.39 is 42.9 Å². The SMILES string of the molecule is CC1(O)CC23CCC4C(C)(CO)CC(OC5OC(CO)C(O)C(O)C5O)CC4(C)C2CCC1C3. The van der Waals surface area contributed by atoms with Gasteiger partial charge < -0.3 is 40.1 Å². The summed E-state index contributed by atoms with van der Waals surface area (Å²) in [6, 6.07) is 0. The summed E-state index contributed by atoms with van der Waals surface area (Å²) >= 11 is 0. The highest BCUT2D eigenvalue weighted by Crippen LogP contribution is 2.73. The number of fused-ring (bicyclic) bond motifs is 3. The van der Waals surface area contributed by atoms with Crippen molar-refractivity contribution in [3.05, 3.63) is 0 Å². The Balaban J connectivity index is 1.42. The lowest BCUT2D eigenvalue weighted by Gasteiger charge is -2.65. The van der Waals surface area contributed by atoms with Gasteiger partial charge in [0.2, 0.25) is 0 Å². The molecule has 0 aromatic carbocycles. The van der Waals surface area contributed by atoms with Crippen molar-refractivity contribution in [1.29, 1.82) is 0 Å². The second-order valence-corrected chi connectivity index (χ2v) is 13.2. The quantitative estimate of drug-likeness (QED) is 0.324. The third-order valence-corrected chi connectivity index (χ3v) is 11.0. The van der Waals surface area contributed by atoms with Crippen molar-refractivity contribution in [2.24, 2.45) is 34.0 Å². The summed E-state index contributed by atoms with van der Waals surface area (Å²) in [6.07, 6.45) is 0.692. The Morgan fingerprint density at radius 2 is 1.62 bits per heavy atom. The van der Waals surface area contributed by atoms with Crippen LogP contribution in [0.4, 0.5) is 0 Å². The normalized spacial score (nSPS) is 59.4. The van der Waals surface area contributed by atoms with E-state index in [9.17, 15) is 30.6 Å². The molecule has 5 rings (SSSR count). The molecule has 4 aliphatic carbocycles. The van der Waals surface area contributed by atoms with Crippen LogP contribution in [-0.2, 0) is 9.47 Å². The second kappa shape index (κ2) is 8.35. The summed E-state index contributed by atoms with van der Waals surface area (Å²) in [5.41, 5.74) is -0.943. The van der Waals surface area contributed by atoms with Crippen molar-refractivity contribution in [3.63, 3.8) is 0 Å². The molecule has 0 amide bonds. The van der Waals surface area contributed by atoms with Crippen molar-refractivity contribution in [2.75, 3.05) is 13.2 Å². The number of aliphatic hydroxyl groups excluding tert-OH is 5. The highest BCUT2D eigenvalue weighted by atomic mass is 16.7. The zero-order valence-corrected chi connectivity index (χ0v) is 20.8. The molecule has 34 heavy (non-hydrogen) atoms. The fourth-order valence-corrected chi connectivity index (χ4v) is 9.69. The maximum atomic E-state index is 11.1. The van der Waals surface area contributed by atoms with Gasteiger partial charge in [0.25, 0.3) is 0 Å². The van der Waals surface area contributed by atoms with Gasteiger partial charge in [-0.25, -0.2) is 0 Å². The van der Waals surface area contributed by atoms with E-state index in [0.29, 0.717) is 24.2 Å². The van der Waals surface area contributed by atoms with Crippen molar-refractivity contribution in [3.8, 4) is 0 Å². The maximum absolute atomic E-state index is 11.1. The van der Waals surface area contributed by atoms with Gasteiger partial charge in [-0.3, -0.25) is 0 Å². The fraction of sp³-hybridized carbons (Fsp3) is 1.00. The smallest absolute Gasteiger partial charge is 0.186 e. The average Bonchev–Trinajstić information content (AvgIpc) is 2.96. The Kier molecular flexibility index (Phi) is 6.22. The Morgan fingerprint density at radius 3 is 2.29 bits per heavy atom. The molecule has 2 bridgehead atoms. The molecule has 196 valence electrons. The molecule has 4 saturated carbocycles. The highest BCUT2D eigenvalue weighted by molar-refractivity contribution is 5.17. The molecule has 8 heteroatoms. The van der Waals surface area contributed by atoms with Crippen LogP contribution in [0.2, 0.25) is 0 Å². The van der Waals surface area contributed by atoms with Gasteiger partial charge in [0.05, 0.1) is 18.3 Å². The first-order valence-electron chi connectivity index (χ1n) is 13.2. The highest BCUT2D eigenvalue weighted by Gasteiger charge is 2.67. The molecule has 8 nitrogen and oxygen atoms in total. The maximum Gasteiger partial charge on any atom is 0.186 e. The molecule has 1 spiro atoms. The van der Waals surface area contributed by atoms with Crippen LogP contribution in [0.5, 0.6) is 0 Å². The van der Waals surface area contributed by atoms with Crippen LogP contribution in [0, 0.1) is 34.0 Å². The topological polar surface area (TPSA) is 140 Å². The predicted octanol–water partition coefficient (Wildman–Crippen LogP) is 0.938. The van der Waals surface area contributed by atoms with Crippen LogP contribution in [0.1, 0.15) is 72.1 Å². The van der Waals surface area contributed by atoms with E-state index in [1.54, 1.807) is 0 Å². The summed E-state index contributed by atoms with van der Waals surface area (Å²) in [4.78, 5) is 0. The summed E-state index contributed by atoms with van der Waals surface area (Å²) in [5.74, 6) is 1.12. The zero-order chi connectivity index (χ0) is 24.7. The van der Waals surface area contributed by atoms with E-state index in [4.69, 9.17) is 9.47 Å². The number of ether oxygens (including phenoxy) is 2. The fourth-order valence-electron chi connectivity index (χ4n) is 9.69. The molecule has 1 heterocycles. The summed E-state index contributed by atoms with van der Waals surface area (Å²) in [5, 5.41) is 62.2. The van der Waals surface area contributed by atoms with E-state index in [1.165, 1.54) is 0 Å². The molecule has 0 aromatic rings. The standard InChI is InChI=1S/C26H44O8/c1-23(13-28)9-15(33-22-21(31)20(30)19(29)16(11-27)34-22)10-24(2)17(23)6-7-26-8-14(4-5-18(24)26)25(3,32)12-26/h14-22,27-32H,4-13H2,1-3H3. The van der Waals surface area contributed by atoms with Crippen LogP contribution in [0.15, 0.2) is 0 Å². The number of rotatable bonds is 4. The molecular formula is C26H44O8. The first-order chi connectivity index (χ1) is 15.9. The van der Waals surface area contributed by atoms with E-state index in [2.05, 4.69) is 13.8 Å². The van der Waals surface area contributed by atoms with Crippen LogP contribution in [0.3, 0.4) is 0 Å². The third-order valence-electron chi connectivity index (χ3n) is 11.0. The van der Waals surface area contributed by atoms with Crippen molar-refractivity contribution in [2.45, 2.75) is 115 Å². The lowest BCUT2D eigenvalue weighted by molar-refractivity contribution is -0.323. The molecule has 0 aromatic heterocycles. The van der Waals surface area contributed by atoms with Gasteiger partial charge >= 0.3 is 0 Å². The van der Waals surface area contributed by atoms with Gasteiger partial charge in [-0.2, -0.15) is 0 Å². The summed E-state index contributed by atoms with van der Waals surface area (Å²) in [6.45, 7) is 6.03. The zero-order valence-electron chi connectivity index (χ0n) is 20.8. The molecule has 6 N–H and O–H groups in total.